The highest BCUT2D eigenvalue weighted by atomic mass is 35.5. The number of amides is 1. The van der Waals surface area contributed by atoms with E-state index in [-0.39, 0.29) is 5.78 Å². The number of carbonyl (C=O) groups excluding carboxylic acids is 2. The topological polar surface area (TPSA) is 84.1 Å². The average Bonchev–Trinajstić information content (AvgIpc) is 3.16. The molecule has 5 rings (SSSR count). The molecule has 4 aromatic rings. The molecule has 0 atom stereocenters. The predicted molar refractivity (Wildman–Crippen MR) is 125 cm³/mol. The van der Waals surface area contributed by atoms with Crippen molar-refractivity contribution in [2.24, 2.45) is 0 Å². The highest BCUT2D eigenvalue weighted by molar-refractivity contribution is 6.39. The number of imidazole rings is 1. The van der Waals surface area contributed by atoms with Gasteiger partial charge in [-0.25, -0.2) is 9.78 Å². The Morgan fingerprint density at radius 2 is 1.84 bits per heavy atom. The Bertz CT molecular complexity index is 1360. The van der Waals surface area contributed by atoms with Crippen molar-refractivity contribution in [3.8, 4) is 17.1 Å². The van der Waals surface area contributed by atoms with Crippen molar-refractivity contribution in [3.63, 3.8) is 0 Å². The maximum absolute atomic E-state index is 12.4. The molecule has 0 fully saturated rings. The van der Waals surface area contributed by atoms with Gasteiger partial charge in [-0.15, -0.1) is 0 Å². The molecule has 1 aliphatic rings. The molecule has 1 amide bonds. The third-order valence-corrected chi connectivity index (χ3v) is 6.00. The molecule has 0 radical (unpaired) electrons. The monoisotopic (exact) mass is 465 g/mol. The van der Waals surface area contributed by atoms with Crippen LogP contribution in [0.2, 0.25) is 10.0 Å². The van der Waals surface area contributed by atoms with Crippen LogP contribution < -0.4 is 10.1 Å². The van der Waals surface area contributed by atoms with Gasteiger partial charge in [-0.2, -0.15) is 0 Å². The number of nitrogens with one attached hydrogen (secondary N) is 2. The first-order chi connectivity index (χ1) is 15.5. The maximum Gasteiger partial charge on any atom is 0.417 e. The Hall–Kier alpha value is -3.35. The number of hydrogen-bond acceptors (Lipinski definition) is 4. The highest BCUT2D eigenvalue weighted by Gasteiger charge is 2.18. The fourth-order valence-electron chi connectivity index (χ4n) is 3.87. The Morgan fingerprint density at radius 3 is 2.66 bits per heavy atom. The van der Waals surface area contributed by atoms with E-state index in [1.165, 1.54) is 0 Å². The summed E-state index contributed by atoms with van der Waals surface area (Å²) in [5.41, 5.74) is 4.23. The molecule has 160 valence electrons. The number of aromatic amines is 1. The molecule has 1 aliphatic carbocycles. The molecule has 1 aromatic heterocycles. The Morgan fingerprint density at radius 1 is 1.03 bits per heavy atom. The summed E-state index contributed by atoms with van der Waals surface area (Å²) in [5, 5.41) is 3.69. The summed E-state index contributed by atoms with van der Waals surface area (Å²) in [5.74, 6) is 1.02. The number of rotatable bonds is 3. The quantitative estimate of drug-likeness (QED) is 0.353. The van der Waals surface area contributed by atoms with Crippen LogP contribution in [0.4, 0.5) is 10.5 Å². The SMILES string of the molecule is O=C(Nc1ccc2c(c1)CCCC2=O)Oc1ccc2nc(-c3c(Cl)cccc3Cl)[nH]c2c1. The fourth-order valence-corrected chi connectivity index (χ4v) is 4.45. The van der Waals surface area contributed by atoms with Crippen molar-refractivity contribution in [1.82, 2.24) is 9.97 Å². The first-order valence-electron chi connectivity index (χ1n) is 10.1. The van der Waals surface area contributed by atoms with Crippen molar-refractivity contribution < 1.29 is 14.3 Å². The molecule has 32 heavy (non-hydrogen) atoms. The fraction of sp³-hybridized carbons (Fsp3) is 0.125. The van der Waals surface area contributed by atoms with Gasteiger partial charge in [0.1, 0.15) is 11.6 Å². The van der Waals surface area contributed by atoms with Crippen LogP contribution in [0.3, 0.4) is 0 Å². The lowest BCUT2D eigenvalue weighted by Crippen LogP contribution is -2.18. The van der Waals surface area contributed by atoms with E-state index >= 15 is 0 Å². The second-order valence-corrected chi connectivity index (χ2v) is 8.34. The van der Waals surface area contributed by atoms with Gasteiger partial charge in [-0.3, -0.25) is 10.1 Å². The van der Waals surface area contributed by atoms with Gasteiger partial charge in [-0.1, -0.05) is 29.3 Å². The van der Waals surface area contributed by atoms with Crippen molar-refractivity contribution >= 4 is 51.8 Å². The molecule has 0 spiro atoms. The Labute approximate surface area is 193 Å². The smallest absolute Gasteiger partial charge is 0.410 e. The number of ether oxygens (including phenoxy) is 1. The van der Waals surface area contributed by atoms with Crippen molar-refractivity contribution in [1.29, 1.82) is 0 Å². The second-order valence-electron chi connectivity index (χ2n) is 7.52. The first-order valence-corrected chi connectivity index (χ1v) is 10.8. The van der Waals surface area contributed by atoms with E-state index in [4.69, 9.17) is 27.9 Å². The van der Waals surface area contributed by atoms with Gasteiger partial charge in [-0.05, 0) is 60.9 Å². The zero-order valence-electron chi connectivity index (χ0n) is 16.7. The van der Waals surface area contributed by atoms with E-state index in [0.29, 0.717) is 50.3 Å². The summed E-state index contributed by atoms with van der Waals surface area (Å²) in [6.45, 7) is 0. The molecule has 0 bridgehead atoms. The maximum atomic E-state index is 12.4. The summed E-state index contributed by atoms with van der Waals surface area (Å²) < 4.78 is 5.44. The number of ketones is 1. The number of halogens is 2. The van der Waals surface area contributed by atoms with E-state index < -0.39 is 6.09 Å². The van der Waals surface area contributed by atoms with E-state index in [2.05, 4.69) is 15.3 Å². The number of hydrogen-bond donors (Lipinski definition) is 2. The summed E-state index contributed by atoms with van der Waals surface area (Å²) in [6.07, 6.45) is 1.59. The number of H-pyrrole nitrogens is 1. The highest BCUT2D eigenvalue weighted by Crippen LogP contribution is 2.34. The Balaban J connectivity index is 1.34. The van der Waals surface area contributed by atoms with E-state index in [1.807, 2.05) is 6.07 Å². The van der Waals surface area contributed by atoms with E-state index in [9.17, 15) is 9.59 Å². The van der Waals surface area contributed by atoms with Gasteiger partial charge in [0.25, 0.3) is 0 Å². The lowest BCUT2D eigenvalue weighted by Gasteiger charge is -2.15. The number of carbonyl (C=O) groups is 2. The van der Waals surface area contributed by atoms with E-state index in [1.54, 1.807) is 48.5 Å². The normalized spacial score (nSPS) is 13.1. The zero-order valence-corrected chi connectivity index (χ0v) is 18.3. The molecular formula is C24H17Cl2N3O3. The molecule has 3 aromatic carbocycles. The average molecular weight is 466 g/mol. The molecular weight excluding hydrogens is 449 g/mol. The van der Waals surface area contributed by atoms with E-state index in [0.717, 1.165) is 24.0 Å². The molecule has 1 heterocycles. The van der Waals surface area contributed by atoms with Crippen LogP contribution in [0.1, 0.15) is 28.8 Å². The van der Waals surface area contributed by atoms with Gasteiger partial charge in [0.05, 0.1) is 26.6 Å². The molecule has 6 nitrogen and oxygen atoms in total. The van der Waals surface area contributed by atoms with Gasteiger partial charge < -0.3 is 9.72 Å². The Kier molecular flexibility index (Phi) is 5.33. The third-order valence-electron chi connectivity index (χ3n) is 5.37. The number of anilines is 1. The molecule has 0 saturated carbocycles. The van der Waals surface area contributed by atoms with Gasteiger partial charge >= 0.3 is 6.09 Å². The summed E-state index contributed by atoms with van der Waals surface area (Å²) in [4.78, 5) is 32.1. The van der Waals surface area contributed by atoms with Crippen LogP contribution >= 0.6 is 23.2 Å². The van der Waals surface area contributed by atoms with Crippen molar-refractivity contribution in [3.05, 3.63) is 75.8 Å². The van der Waals surface area contributed by atoms with Crippen LogP contribution in [-0.2, 0) is 6.42 Å². The minimum atomic E-state index is -0.625. The minimum Gasteiger partial charge on any atom is -0.410 e. The lowest BCUT2D eigenvalue weighted by atomic mass is 9.90. The van der Waals surface area contributed by atoms with Gasteiger partial charge in [0.2, 0.25) is 0 Å². The second kappa shape index (κ2) is 8.30. The van der Waals surface area contributed by atoms with Crippen LogP contribution in [0.5, 0.6) is 5.75 Å². The van der Waals surface area contributed by atoms with Gasteiger partial charge in [0, 0.05) is 23.7 Å². The number of benzene rings is 3. The number of aryl methyl sites for hydroxylation is 1. The number of nitrogens with zero attached hydrogens (tertiary/aromatic N) is 1. The number of fused-ring (bicyclic) bond motifs is 2. The third kappa shape index (κ3) is 3.95. The van der Waals surface area contributed by atoms with Crippen molar-refractivity contribution in [2.75, 3.05) is 5.32 Å². The number of Topliss-reactive ketones (excluding diaryl/α,β-unsaturated/α-hetero) is 1. The van der Waals surface area contributed by atoms with Crippen LogP contribution in [-0.4, -0.2) is 21.8 Å². The summed E-state index contributed by atoms with van der Waals surface area (Å²) in [6, 6.07) is 15.6. The van der Waals surface area contributed by atoms with Crippen molar-refractivity contribution in [2.45, 2.75) is 19.3 Å². The molecule has 2 N–H and O–H groups in total. The van der Waals surface area contributed by atoms with Crippen LogP contribution in [0.15, 0.2) is 54.6 Å². The molecule has 0 aliphatic heterocycles. The summed E-state index contributed by atoms with van der Waals surface area (Å²) >= 11 is 12.6. The number of aromatic nitrogens is 2. The zero-order chi connectivity index (χ0) is 22.2. The first kappa shape index (κ1) is 20.5. The van der Waals surface area contributed by atoms with Crippen LogP contribution in [0.25, 0.3) is 22.4 Å². The lowest BCUT2D eigenvalue weighted by molar-refractivity contribution is 0.0972. The molecule has 8 heteroatoms. The minimum absolute atomic E-state index is 0.144. The molecule has 0 saturated heterocycles. The predicted octanol–water partition coefficient (Wildman–Crippen LogP) is 6.67. The standard InChI is InChI=1S/C24H17Cl2N3O3/c25-17-4-2-5-18(26)22(17)23-28-19-10-8-15(12-20(19)29-23)32-24(31)27-14-7-9-16-13(11-14)3-1-6-21(16)30/h2,4-5,7-12H,1,3,6H2,(H,27,31)(H,28,29). The summed E-state index contributed by atoms with van der Waals surface area (Å²) in [7, 11) is 0. The largest absolute Gasteiger partial charge is 0.417 e. The van der Waals surface area contributed by atoms with Gasteiger partial charge in [0.15, 0.2) is 5.78 Å². The molecule has 0 unspecified atom stereocenters. The van der Waals surface area contributed by atoms with Crippen LogP contribution in [0, 0.1) is 0 Å².